The van der Waals surface area contributed by atoms with Crippen LogP contribution in [0.3, 0.4) is 0 Å². The number of likely N-dealkylation sites (tertiary alicyclic amines) is 1. The number of carbonyl (C=O) groups is 6. The molecule has 0 bridgehead atoms. The van der Waals surface area contributed by atoms with Crippen LogP contribution in [0.1, 0.15) is 63.5 Å². The van der Waals surface area contributed by atoms with Gasteiger partial charge in [-0.1, -0.05) is 62.7 Å². The molecular formula is C38H55N7O8S. The van der Waals surface area contributed by atoms with E-state index >= 15 is 0 Å². The van der Waals surface area contributed by atoms with Gasteiger partial charge in [-0.25, -0.2) is 4.79 Å². The predicted molar refractivity (Wildman–Crippen MR) is 206 cm³/mol. The van der Waals surface area contributed by atoms with Gasteiger partial charge in [-0.05, 0) is 67.8 Å². The smallest absolute Gasteiger partial charge is 0.326 e. The minimum atomic E-state index is -1.35. The normalized spacial score (nSPS) is 16.8. The largest absolute Gasteiger partial charge is 0.508 e. The number of carboxylic acid groups (broad SMARTS) is 1. The van der Waals surface area contributed by atoms with Gasteiger partial charge >= 0.3 is 5.97 Å². The van der Waals surface area contributed by atoms with Gasteiger partial charge in [0.15, 0.2) is 0 Å². The zero-order valence-corrected chi connectivity index (χ0v) is 31.8. The van der Waals surface area contributed by atoms with Crippen molar-refractivity contribution in [1.82, 2.24) is 26.2 Å². The van der Waals surface area contributed by atoms with E-state index in [0.717, 1.165) is 6.42 Å². The number of hydrogen-bond donors (Lipinski definition) is 9. The van der Waals surface area contributed by atoms with Gasteiger partial charge in [0.2, 0.25) is 29.5 Å². The van der Waals surface area contributed by atoms with Crippen LogP contribution in [-0.4, -0.2) is 106 Å². The van der Waals surface area contributed by atoms with Crippen molar-refractivity contribution in [1.29, 1.82) is 0 Å². The minimum Gasteiger partial charge on any atom is -0.508 e. The number of nitrogens with zero attached hydrogens (tertiary/aromatic N) is 1. The molecule has 0 aromatic heterocycles. The summed E-state index contributed by atoms with van der Waals surface area (Å²) in [6, 6.07) is 8.30. The van der Waals surface area contributed by atoms with Gasteiger partial charge in [-0.3, -0.25) is 24.0 Å². The molecule has 6 atom stereocenters. The molecule has 1 aliphatic rings. The number of thiol groups is 1. The molecule has 0 radical (unpaired) electrons. The van der Waals surface area contributed by atoms with Gasteiger partial charge in [0.25, 0.3) is 0 Å². The van der Waals surface area contributed by atoms with Gasteiger partial charge in [-0.15, -0.1) is 0 Å². The molecule has 2 aromatic carbocycles. The van der Waals surface area contributed by atoms with E-state index in [1.807, 2.05) is 13.8 Å². The summed E-state index contributed by atoms with van der Waals surface area (Å²) in [7, 11) is 0. The first-order valence-corrected chi connectivity index (χ1v) is 19.0. The molecule has 15 nitrogen and oxygen atoms in total. The summed E-state index contributed by atoms with van der Waals surface area (Å²) in [5, 5.41) is 30.1. The molecule has 5 amide bonds. The average Bonchev–Trinajstić information content (AvgIpc) is 3.64. The summed E-state index contributed by atoms with van der Waals surface area (Å²) >= 11 is 4.29. The van der Waals surface area contributed by atoms with E-state index in [2.05, 4.69) is 33.9 Å². The van der Waals surface area contributed by atoms with Gasteiger partial charge in [-0.2, -0.15) is 12.6 Å². The third kappa shape index (κ3) is 13.6. The van der Waals surface area contributed by atoms with Crippen LogP contribution in [0.4, 0.5) is 0 Å². The minimum absolute atomic E-state index is 0.00712. The molecule has 0 spiro atoms. The van der Waals surface area contributed by atoms with Crippen LogP contribution >= 0.6 is 12.6 Å². The Kier molecular flexibility index (Phi) is 17.7. The molecule has 0 aliphatic carbocycles. The van der Waals surface area contributed by atoms with Gasteiger partial charge < -0.3 is 47.8 Å². The maximum atomic E-state index is 13.8. The molecule has 296 valence electrons. The highest BCUT2D eigenvalue weighted by molar-refractivity contribution is 7.80. The molecule has 16 heteroatoms. The number of aromatic hydroxyl groups is 1. The maximum Gasteiger partial charge on any atom is 0.326 e. The van der Waals surface area contributed by atoms with Crippen molar-refractivity contribution in [3.05, 3.63) is 65.7 Å². The first-order chi connectivity index (χ1) is 25.7. The zero-order chi connectivity index (χ0) is 39.8. The average molecular weight is 770 g/mol. The van der Waals surface area contributed by atoms with Crippen LogP contribution in [0, 0.1) is 5.92 Å². The number of nitrogens with one attached hydrogen (secondary N) is 4. The van der Waals surface area contributed by atoms with Gasteiger partial charge in [0.05, 0.1) is 6.04 Å². The number of rotatable bonds is 21. The summed E-state index contributed by atoms with van der Waals surface area (Å²) in [6.07, 6.45) is 2.93. The molecule has 1 aliphatic heterocycles. The Morgan fingerprint density at radius 3 is 2.02 bits per heavy atom. The topological polar surface area (TPSA) is 246 Å². The molecule has 0 saturated carbocycles. The third-order valence-corrected chi connectivity index (χ3v) is 9.55. The van der Waals surface area contributed by atoms with Crippen molar-refractivity contribution in [2.45, 2.75) is 101 Å². The fourth-order valence-corrected chi connectivity index (χ4v) is 6.51. The number of amides is 5. The number of phenols is 1. The molecule has 10 N–H and O–H groups in total. The number of unbranched alkanes of at least 4 members (excludes halogenated alkanes) is 1. The number of hydrogen-bond acceptors (Lipinski definition) is 10. The van der Waals surface area contributed by atoms with Crippen LogP contribution in [0.25, 0.3) is 0 Å². The molecule has 54 heavy (non-hydrogen) atoms. The Labute approximate surface area is 321 Å². The highest BCUT2D eigenvalue weighted by Gasteiger charge is 2.39. The lowest BCUT2D eigenvalue weighted by atomic mass is 10.0. The van der Waals surface area contributed by atoms with Crippen LogP contribution in [-0.2, 0) is 41.6 Å². The standard InChI is InChI=1S/C38H55N7O8S/c1-23(2)19-29(42-33(47)27(40)11-6-7-17-39)37(51)45-18-8-12-32(45)36(50)44-31(22-54)35(49)41-28(20-24-9-4-3-5-10-24)34(48)43-30(38(52)53)21-25-13-15-26(46)16-14-25/h3-5,9-10,13-16,23,27-32,46,54H,6-8,11-12,17-22,39-40H2,1-2H3,(H,41,49)(H,42,47)(H,43,48)(H,44,50)(H,52,53)/t27-,28-,29-,30-,31-,32-/m0/s1. The Hall–Kier alpha value is -4.67. The van der Waals surface area contributed by atoms with Crippen LogP contribution in [0.5, 0.6) is 5.75 Å². The fourth-order valence-electron chi connectivity index (χ4n) is 6.25. The Bertz CT molecular complexity index is 1560. The Morgan fingerprint density at radius 1 is 0.815 bits per heavy atom. The third-order valence-electron chi connectivity index (χ3n) is 9.19. The number of carbonyl (C=O) groups excluding carboxylic acids is 5. The fraction of sp³-hybridized carbons (Fsp3) is 0.526. The summed E-state index contributed by atoms with van der Waals surface area (Å²) in [5.41, 5.74) is 12.9. The lowest BCUT2D eigenvalue weighted by molar-refractivity contribution is -0.143. The van der Waals surface area contributed by atoms with Crippen LogP contribution < -0.4 is 32.7 Å². The predicted octanol–water partition coefficient (Wildman–Crippen LogP) is 0.624. The highest BCUT2D eigenvalue weighted by atomic mass is 32.1. The lowest BCUT2D eigenvalue weighted by Gasteiger charge is -2.31. The molecule has 1 fully saturated rings. The summed E-state index contributed by atoms with van der Waals surface area (Å²) in [5.74, 6) is -4.35. The summed E-state index contributed by atoms with van der Waals surface area (Å²) in [4.78, 5) is 81.3. The van der Waals surface area contributed by atoms with E-state index in [-0.39, 0.29) is 36.8 Å². The van der Waals surface area contributed by atoms with Crippen LogP contribution in [0.2, 0.25) is 0 Å². The Morgan fingerprint density at radius 2 is 1.41 bits per heavy atom. The highest BCUT2D eigenvalue weighted by Crippen LogP contribution is 2.21. The molecule has 0 unspecified atom stereocenters. The second-order valence-corrected chi connectivity index (χ2v) is 14.4. The molecule has 2 aromatic rings. The number of benzene rings is 2. The zero-order valence-electron chi connectivity index (χ0n) is 30.9. The number of phenolic OH excluding ortho intramolecular Hbond substituents is 1. The van der Waals surface area contributed by atoms with Crippen molar-refractivity contribution in [2.24, 2.45) is 17.4 Å². The van der Waals surface area contributed by atoms with Crippen molar-refractivity contribution in [3.63, 3.8) is 0 Å². The number of carboxylic acids is 1. The van der Waals surface area contributed by atoms with Crippen molar-refractivity contribution < 1.29 is 39.0 Å². The van der Waals surface area contributed by atoms with E-state index in [9.17, 15) is 39.0 Å². The summed E-state index contributed by atoms with van der Waals surface area (Å²) < 4.78 is 0. The first kappa shape index (κ1) is 43.7. The van der Waals surface area contributed by atoms with Crippen molar-refractivity contribution >= 4 is 48.1 Å². The molecule has 1 heterocycles. The maximum absolute atomic E-state index is 13.8. The second kappa shape index (κ2) is 21.9. The molecular weight excluding hydrogens is 715 g/mol. The SMILES string of the molecule is CC(C)C[C@H](NC(=O)[C@@H](N)CCCCN)C(=O)N1CCC[C@H]1C(=O)N[C@@H](CS)C(=O)N[C@@H](Cc1ccccc1)C(=O)N[C@@H](Cc1ccc(O)cc1)C(=O)O. The van der Waals surface area contributed by atoms with E-state index in [4.69, 9.17) is 11.5 Å². The van der Waals surface area contributed by atoms with E-state index in [1.165, 1.54) is 17.0 Å². The monoisotopic (exact) mass is 769 g/mol. The lowest BCUT2D eigenvalue weighted by Crippen LogP contribution is -2.59. The number of aliphatic carboxylic acids is 1. The second-order valence-electron chi connectivity index (χ2n) is 14.0. The molecule has 3 rings (SSSR count). The first-order valence-electron chi connectivity index (χ1n) is 18.4. The summed E-state index contributed by atoms with van der Waals surface area (Å²) in [6.45, 7) is 4.59. The quantitative estimate of drug-likeness (QED) is 0.0633. The van der Waals surface area contributed by atoms with E-state index in [0.29, 0.717) is 49.8 Å². The van der Waals surface area contributed by atoms with E-state index < -0.39 is 71.8 Å². The number of nitrogens with two attached hydrogens (primary N) is 2. The Balaban J connectivity index is 1.73. The van der Waals surface area contributed by atoms with Crippen LogP contribution in [0.15, 0.2) is 54.6 Å². The van der Waals surface area contributed by atoms with Crippen molar-refractivity contribution in [3.8, 4) is 5.75 Å². The van der Waals surface area contributed by atoms with Gasteiger partial charge in [0.1, 0.15) is 36.0 Å². The van der Waals surface area contributed by atoms with E-state index in [1.54, 1.807) is 42.5 Å². The molecule has 1 saturated heterocycles. The van der Waals surface area contributed by atoms with Crippen molar-refractivity contribution in [2.75, 3.05) is 18.8 Å². The van der Waals surface area contributed by atoms with Gasteiger partial charge in [0, 0.05) is 25.1 Å².